The van der Waals surface area contributed by atoms with E-state index in [0.29, 0.717) is 37.2 Å². The van der Waals surface area contributed by atoms with Gasteiger partial charge in [-0.25, -0.2) is 8.42 Å². The van der Waals surface area contributed by atoms with E-state index in [1.807, 2.05) is 13.8 Å². The number of aromatic nitrogens is 2. The average Bonchev–Trinajstić information content (AvgIpc) is 2.90. The minimum absolute atomic E-state index is 0.0385. The van der Waals surface area contributed by atoms with Gasteiger partial charge in [0.2, 0.25) is 5.91 Å². The van der Waals surface area contributed by atoms with Gasteiger partial charge in [0, 0.05) is 24.3 Å². The summed E-state index contributed by atoms with van der Waals surface area (Å²) in [4.78, 5) is 13.8. The van der Waals surface area contributed by atoms with Crippen molar-refractivity contribution in [2.75, 3.05) is 13.6 Å². The highest BCUT2D eigenvalue weighted by atomic mass is 35.7. The maximum Gasteiger partial charge on any atom is 0.264 e. The number of likely N-dealkylation sites (tertiary alicyclic amines) is 1. The fourth-order valence-corrected chi connectivity index (χ4v) is 4.15. The molecule has 0 radical (unpaired) electrons. The number of likely N-dealkylation sites (N-methyl/N-ethyl adjacent to an activating group) is 1. The van der Waals surface area contributed by atoms with Crippen LogP contribution < -0.4 is 0 Å². The first-order chi connectivity index (χ1) is 9.31. The topological polar surface area (TPSA) is 72.3 Å². The molecule has 1 fully saturated rings. The highest BCUT2D eigenvalue weighted by Crippen LogP contribution is 2.31. The van der Waals surface area contributed by atoms with Crippen LogP contribution in [0.15, 0.2) is 4.90 Å². The number of hydrogen-bond donors (Lipinski definition) is 0. The van der Waals surface area contributed by atoms with E-state index in [9.17, 15) is 13.2 Å². The number of carbonyl (C=O) groups excluding carboxylic acids is 1. The van der Waals surface area contributed by atoms with E-state index in [0.717, 1.165) is 0 Å². The van der Waals surface area contributed by atoms with Gasteiger partial charge in [0.05, 0.1) is 11.4 Å². The molecule has 0 bridgehead atoms. The molecule has 1 aliphatic heterocycles. The number of nitrogens with zero attached hydrogens (tertiary/aromatic N) is 3. The maximum atomic E-state index is 12.1. The zero-order chi connectivity index (χ0) is 15.1. The summed E-state index contributed by atoms with van der Waals surface area (Å²) >= 11 is 0. The lowest BCUT2D eigenvalue weighted by Crippen LogP contribution is -2.26. The van der Waals surface area contributed by atoms with Crippen LogP contribution in [0.3, 0.4) is 0 Å². The monoisotopic (exact) mass is 319 g/mol. The molecule has 0 aliphatic carbocycles. The lowest BCUT2D eigenvalue weighted by Gasteiger charge is -2.13. The van der Waals surface area contributed by atoms with Crippen molar-refractivity contribution < 1.29 is 13.2 Å². The molecule has 1 aromatic rings. The van der Waals surface area contributed by atoms with Crippen molar-refractivity contribution in [2.24, 2.45) is 0 Å². The van der Waals surface area contributed by atoms with Crippen molar-refractivity contribution in [3.63, 3.8) is 0 Å². The van der Waals surface area contributed by atoms with E-state index < -0.39 is 15.1 Å². The van der Waals surface area contributed by atoms with Gasteiger partial charge in [0.15, 0.2) is 0 Å². The van der Waals surface area contributed by atoms with Crippen LogP contribution in [0, 0.1) is 0 Å². The van der Waals surface area contributed by atoms with Gasteiger partial charge < -0.3 is 4.90 Å². The Kier molecular flexibility index (Phi) is 4.11. The van der Waals surface area contributed by atoms with Crippen molar-refractivity contribution in [3.8, 4) is 0 Å². The highest BCUT2D eigenvalue weighted by molar-refractivity contribution is 8.13. The number of hydrogen-bond acceptors (Lipinski definition) is 4. The first-order valence-electron chi connectivity index (χ1n) is 6.61. The summed E-state index contributed by atoms with van der Waals surface area (Å²) in [5.74, 6) is -0.0385. The third-order valence-corrected chi connectivity index (χ3v) is 5.06. The third kappa shape index (κ3) is 2.44. The summed E-state index contributed by atoms with van der Waals surface area (Å²) in [7, 11) is 3.40. The van der Waals surface area contributed by atoms with Gasteiger partial charge in [-0.2, -0.15) is 5.10 Å². The minimum atomic E-state index is -3.86. The number of aryl methyl sites for hydroxylation is 1. The standard InChI is InChI=1S/C12H18ClN3O3S/c1-4-8-11(20(13,18)19)9(5-2)16(14-8)10-6-7-15(3)12(10)17/h10H,4-7H2,1-3H3. The molecule has 8 heteroatoms. The molecular weight excluding hydrogens is 302 g/mol. The van der Waals surface area contributed by atoms with Gasteiger partial charge in [0.1, 0.15) is 10.9 Å². The fourth-order valence-electron chi connectivity index (χ4n) is 2.63. The average molecular weight is 320 g/mol. The quantitative estimate of drug-likeness (QED) is 0.785. The van der Waals surface area contributed by atoms with E-state index >= 15 is 0 Å². The SMILES string of the molecule is CCc1nn(C2CCN(C)C2=O)c(CC)c1S(=O)(=O)Cl. The van der Waals surface area contributed by atoms with E-state index in [2.05, 4.69) is 5.10 Å². The molecule has 1 aliphatic rings. The molecule has 112 valence electrons. The Labute approximate surface area is 123 Å². The second-order valence-electron chi connectivity index (χ2n) is 4.88. The van der Waals surface area contributed by atoms with Crippen LogP contribution in [0.5, 0.6) is 0 Å². The molecule has 2 heterocycles. The molecule has 6 nitrogen and oxygen atoms in total. The normalized spacial score (nSPS) is 19.9. The van der Waals surface area contributed by atoms with E-state index in [4.69, 9.17) is 10.7 Å². The van der Waals surface area contributed by atoms with E-state index in [1.165, 1.54) is 0 Å². The zero-order valence-electron chi connectivity index (χ0n) is 11.8. The van der Waals surface area contributed by atoms with Crippen LogP contribution in [0.1, 0.15) is 37.7 Å². The van der Waals surface area contributed by atoms with Crippen molar-refractivity contribution in [1.82, 2.24) is 14.7 Å². The molecule has 2 rings (SSSR count). The molecule has 0 spiro atoms. The lowest BCUT2D eigenvalue weighted by atomic mass is 10.2. The van der Waals surface area contributed by atoms with E-state index in [-0.39, 0.29) is 10.8 Å². The summed E-state index contributed by atoms with van der Waals surface area (Å²) in [6.07, 6.45) is 1.55. The molecule has 0 saturated carbocycles. The third-order valence-electron chi connectivity index (χ3n) is 3.64. The van der Waals surface area contributed by atoms with Crippen LogP contribution in [-0.4, -0.2) is 42.6 Å². The van der Waals surface area contributed by atoms with Crippen molar-refractivity contribution in [2.45, 2.75) is 44.0 Å². The Bertz CT molecular complexity index is 639. The van der Waals surface area contributed by atoms with Gasteiger partial charge in [-0.05, 0) is 19.3 Å². The summed E-state index contributed by atoms with van der Waals surface area (Å²) in [6, 6.07) is -0.424. The van der Waals surface area contributed by atoms with Gasteiger partial charge in [-0.3, -0.25) is 9.48 Å². The van der Waals surface area contributed by atoms with Gasteiger partial charge in [-0.1, -0.05) is 13.8 Å². The van der Waals surface area contributed by atoms with Gasteiger partial charge in [0.25, 0.3) is 9.05 Å². The molecule has 20 heavy (non-hydrogen) atoms. The van der Waals surface area contributed by atoms with Crippen LogP contribution >= 0.6 is 10.7 Å². The van der Waals surface area contributed by atoms with Crippen LogP contribution in [0.2, 0.25) is 0 Å². The van der Waals surface area contributed by atoms with E-state index in [1.54, 1.807) is 16.6 Å². The first-order valence-corrected chi connectivity index (χ1v) is 8.92. The Hall–Kier alpha value is -1.08. The molecule has 1 unspecified atom stereocenters. The maximum absolute atomic E-state index is 12.1. The van der Waals surface area contributed by atoms with Crippen LogP contribution in [0.4, 0.5) is 0 Å². The predicted molar refractivity (Wildman–Crippen MR) is 75.3 cm³/mol. The fraction of sp³-hybridized carbons (Fsp3) is 0.667. The predicted octanol–water partition coefficient (Wildman–Crippen LogP) is 1.34. The Morgan fingerprint density at radius 3 is 2.40 bits per heavy atom. The van der Waals surface area contributed by atoms with Crippen molar-refractivity contribution >= 4 is 25.6 Å². The second-order valence-corrected chi connectivity index (χ2v) is 7.38. The summed E-state index contributed by atoms with van der Waals surface area (Å²) < 4.78 is 25.1. The summed E-state index contributed by atoms with van der Waals surface area (Å²) in [5.41, 5.74) is 0.949. The Morgan fingerprint density at radius 1 is 1.35 bits per heavy atom. The molecular formula is C12H18ClN3O3S. The summed E-state index contributed by atoms with van der Waals surface area (Å²) in [6.45, 7) is 4.30. The molecule has 1 aromatic heterocycles. The molecule has 0 N–H and O–H groups in total. The lowest BCUT2D eigenvalue weighted by molar-refractivity contribution is -0.129. The second kappa shape index (κ2) is 5.37. The number of halogens is 1. The molecule has 1 amide bonds. The number of amides is 1. The van der Waals surface area contributed by atoms with Crippen molar-refractivity contribution in [1.29, 1.82) is 0 Å². The van der Waals surface area contributed by atoms with Crippen LogP contribution in [0.25, 0.3) is 0 Å². The van der Waals surface area contributed by atoms with Crippen molar-refractivity contribution in [3.05, 3.63) is 11.4 Å². The number of rotatable bonds is 4. The smallest absolute Gasteiger partial charge is 0.264 e. The summed E-state index contributed by atoms with van der Waals surface area (Å²) in [5, 5.41) is 4.34. The molecule has 1 saturated heterocycles. The largest absolute Gasteiger partial charge is 0.344 e. The highest BCUT2D eigenvalue weighted by Gasteiger charge is 2.35. The zero-order valence-corrected chi connectivity index (χ0v) is 13.3. The minimum Gasteiger partial charge on any atom is -0.344 e. The first kappa shape index (κ1) is 15.3. The Morgan fingerprint density at radius 2 is 2.00 bits per heavy atom. The molecule has 0 aromatic carbocycles. The van der Waals surface area contributed by atoms with Crippen LogP contribution in [-0.2, 0) is 26.7 Å². The Balaban J connectivity index is 2.61. The van der Waals surface area contributed by atoms with Gasteiger partial charge in [-0.15, -0.1) is 0 Å². The molecule has 1 atom stereocenters. The van der Waals surface area contributed by atoms with Gasteiger partial charge >= 0.3 is 0 Å². The number of carbonyl (C=O) groups is 1.